The summed E-state index contributed by atoms with van der Waals surface area (Å²) in [6.07, 6.45) is 2.39. The van der Waals surface area contributed by atoms with Gasteiger partial charge in [-0.2, -0.15) is 5.10 Å². The average Bonchev–Trinajstić information content (AvgIpc) is 2.27. The largest absolute Gasteiger partial charge is 0.275 e. The van der Waals surface area contributed by atoms with E-state index in [4.69, 9.17) is 10.7 Å². The fraction of sp³-hybridized carbons (Fsp3) is 0.571. The smallest absolute Gasteiger partial charge is 0.236 e. The lowest BCUT2D eigenvalue weighted by Crippen LogP contribution is -1.97. The van der Waals surface area contributed by atoms with Gasteiger partial charge in [0.15, 0.2) is 0 Å². The van der Waals surface area contributed by atoms with Gasteiger partial charge in [0.1, 0.15) is 0 Å². The van der Waals surface area contributed by atoms with E-state index in [1.807, 2.05) is 6.92 Å². The number of rotatable bonds is 3. The van der Waals surface area contributed by atoms with E-state index in [2.05, 4.69) is 5.10 Å². The summed E-state index contributed by atoms with van der Waals surface area (Å²) in [5.74, 6) is -0.147. The van der Waals surface area contributed by atoms with Crippen molar-refractivity contribution in [1.29, 1.82) is 0 Å². The van der Waals surface area contributed by atoms with Crippen LogP contribution in [0, 0.1) is 0 Å². The Kier molecular flexibility index (Phi) is 2.98. The highest BCUT2D eigenvalue weighted by Crippen LogP contribution is 2.13. The first kappa shape index (κ1) is 10.5. The van der Waals surface area contributed by atoms with E-state index >= 15 is 0 Å². The van der Waals surface area contributed by atoms with Crippen LogP contribution in [0.3, 0.4) is 0 Å². The molecule has 6 heteroatoms. The van der Waals surface area contributed by atoms with Crippen LogP contribution >= 0.6 is 10.7 Å². The lowest BCUT2D eigenvalue weighted by molar-refractivity contribution is 0.608. The minimum Gasteiger partial charge on any atom is -0.275 e. The molecule has 74 valence electrons. The van der Waals surface area contributed by atoms with Gasteiger partial charge in [0.05, 0.1) is 11.4 Å². The number of hydrogen-bond acceptors (Lipinski definition) is 3. The number of nitrogens with zero attached hydrogens (tertiary/aromatic N) is 2. The predicted molar refractivity (Wildman–Crippen MR) is 51.1 cm³/mol. The van der Waals surface area contributed by atoms with Gasteiger partial charge in [-0.25, -0.2) is 8.42 Å². The average molecular weight is 223 g/mol. The molecule has 0 atom stereocenters. The molecule has 0 N–H and O–H groups in total. The monoisotopic (exact) mass is 222 g/mol. The predicted octanol–water partition coefficient (Wildman–Crippen LogP) is 1.05. The van der Waals surface area contributed by atoms with Crippen molar-refractivity contribution in [1.82, 2.24) is 9.78 Å². The summed E-state index contributed by atoms with van der Waals surface area (Å²) in [7, 11) is 3.42. The minimum absolute atomic E-state index is 0.147. The van der Waals surface area contributed by atoms with Crippen LogP contribution < -0.4 is 0 Å². The number of aryl methyl sites for hydroxylation is 2. The Bertz CT molecular complexity index is 397. The molecule has 13 heavy (non-hydrogen) atoms. The molecule has 0 unspecified atom stereocenters. The number of aromatic nitrogens is 2. The molecule has 0 saturated carbocycles. The summed E-state index contributed by atoms with van der Waals surface area (Å²) in [6, 6.07) is 0. The summed E-state index contributed by atoms with van der Waals surface area (Å²) in [5, 5.41) is 4.11. The van der Waals surface area contributed by atoms with Crippen molar-refractivity contribution >= 4 is 19.7 Å². The van der Waals surface area contributed by atoms with E-state index < -0.39 is 9.05 Å². The molecule has 0 spiro atoms. The quantitative estimate of drug-likeness (QED) is 0.719. The van der Waals surface area contributed by atoms with Crippen molar-refractivity contribution in [3.63, 3.8) is 0 Å². The number of halogens is 1. The topological polar surface area (TPSA) is 52.0 Å². The summed E-state index contributed by atoms with van der Waals surface area (Å²) in [6.45, 7) is 1.92. The van der Waals surface area contributed by atoms with Gasteiger partial charge in [-0.3, -0.25) is 4.68 Å². The zero-order chi connectivity index (χ0) is 10.1. The lowest BCUT2D eigenvalue weighted by Gasteiger charge is -1.94. The Morgan fingerprint density at radius 3 is 2.69 bits per heavy atom. The molecular formula is C7H11ClN2O2S. The van der Waals surface area contributed by atoms with E-state index in [1.165, 1.54) is 0 Å². The van der Waals surface area contributed by atoms with Gasteiger partial charge in [-0.1, -0.05) is 6.92 Å². The molecule has 0 aromatic carbocycles. The maximum Gasteiger partial charge on any atom is 0.236 e. The highest BCUT2D eigenvalue weighted by atomic mass is 35.7. The van der Waals surface area contributed by atoms with Gasteiger partial charge in [-0.05, 0) is 6.42 Å². The SMILES string of the molecule is CCc1nn(C)cc1CS(=O)(=O)Cl. The van der Waals surface area contributed by atoms with Crippen LogP contribution in [0.4, 0.5) is 0 Å². The molecule has 0 aliphatic rings. The molecule has 0 amide bonds. The Morgan fingerprint density at radius 2 is 2.23 bits per heavy atom. The van der Waals surface area contributed by atoms with Crippen molar-refractivity contribution in [3.05, 3.63) is 17.5 Å². The van der Waals surface area contributed by atoms with E-state index in [9.17, 15) is 8.42 Å². The second-order valence-electron chi connectivity index (χ2n) is 2.81. The Balaban J connectivity index is 3.00. The molecule has 1 heterocycles. The van der Waals surface area contributed by atoms with E-state index in [0.717, 1.165) is 5.69 Å². The molecule has 1 aromatic heterocycles. The third-order valence-electron chi connectivity index (χ3n) is 1.65. The van der Waals surface area contributed by atoms with Gasteiger partial charge in [0, 0.05) is 29.5 Å². The number of hydrogen-bond donors (Lipinski definition) is 0. The van der Waals surface area contributed by atoms with Crippen molar-refractivity contribution in [2.75, 3.05) is 0 Å². The van der Waals surface area contributed by atoms with Crippen LogP contribution in [0.2, 0.25) is 0 Å². The van der Waals surface area contributed by atoms with Crippen LogP contribution in [0.15, 0.2) is 6.20 Å². The zero-order valence-electron chi connectivity index (χ0n) is 7.49. The third kappa shape index (κ3) is 3.00. The molecule has 1 aromatic rings. The maximum atomic E-state index is 10.8. The van der Waals surface area contributed by atoms with Crippen LogP contribution in [0.25, 0.3) is 0 Å². The zero-order valence-corrected chi connectivity index (χ0v) is 9.06. The third-order valence-corrected chi connectivity index (χ3v) is 2.64. The lowest BCUT2D eigenvalue weighted by atomic mass is 10.2. The second-order valence-corrected chi connectivity index (χ2v) is 5.59. The summed E-state index contributed by atoms with van der Waals surface area (Å²) < 4.78 is 23.2. The summed E-state index contributed by atoms with van der Waals surface area (Å²) in [5.41, 5.74) is 1.46. The Hall–Kier alpha value is -0.550. The van der Waals surface area contributed by atoms with E-state index in [1.54, 1.807) is 17.9 Å². The van der Waals surface area contributed by atoms with Crippen LogP contribution in [-0.4, -0.2) is 18.2 Å². The van der Waals surface area contributed by atoms with E-state index in [0.29, 0.717) is 12.0 Å². The van der Waals surface area contributed by atoms with Crippen LogP contribution in [-0.2, 0) is 28.3 Å². The van der Waals surface area contributed by atoms with Gasteiger partial charge < -0.3 is 0 Å². The van der Waals surface area contributed by atoms with Gasteiger partial charge in [0.25, 0.3) is 0 Å². The highest BCUT2D eigenvalue weighted by molar-refractivity contribution is 8.13. The molecule has 1 rings (SSSR count). The molecule has 0 fully saturated rings. The van der Waals surface area contributed by atoms with Crippen molar-refractivity contribution in [2.45, 2.75) is 19.1 Å². The van der Waals surface area contributed by atoms with Crippen LogP contribution in [0.5, 0.6) is 0 Å². The molecular weight excluding hydrogens is 212 g/mol. The molecule has 0 aliphatic heterocycles. The fourth-order valence-corrected chi connectivity index (χ4v) is 2.15. The first-order chi connectivity index (χ1) is 5.92. The molecule has 0 saturated heterocycles. The molecule has 0 bridgehead atoms. The van der Waals surface area contributed by atoms with Crippen LogP contribution in [0.1, 0.15) is 18.2 Å². The summed E-state index contributed by atoms with van der Waals surface area (Å²) >= 11 is 0. The standard InChI is InChI=1S/C7H11ClN2O2S/c1-3-7-6(4-10(2)9-7)5-13(8,11)12/h4H,3,5H2,1-2H3. The minimum atomic E-state index is -3.48. The van der Waals surface area contributed by atoms with Crippen molar-refractivity contribution in [2.24, 2.45) is 7.05 Å². The first-order valence-corrected chi connectivity index (χ1v) is 6.34. The van der Waals surface area contributed by atoms with Crippen molar-refractivity contribution in [3.8, 4) is 0 Å². The fourth-order valence-electron chi connectivity index (χ4n) is 1.19. The normalized spacial score (nSPS) is 11.9. The van der Waals surface area contributed by atoms with Gasteiger partial charge in [-0.15, -0.1) is 0 Å². The van der Waals surface area contributed by atoms with Gasteiger partial charge >= 0.3 is 0 Å². The molecule has 0 radical (unpaired) electrons. The second kappa shape index (κ2) is 3.67. The maximum absolute atomic E-state index is 10.8. The summed E-state index contributed by atoms with van der Waals surface area (Å²) in [4.78, 5) is 0. The molecule has 0 aliphatic carbocycles. The van der Waals surface area contributed by atoms with Crippen molar-refractivity contribution < 1.29 is 8.42 Å². The highest BCUT2D eigenvalue weighted by Gasteiger charge is 2.13. The van der Waals surface area contributed by atoms with Gasteiger partial charge in [0.2, 0.25) is 9.05 Å². The van der Waals surface area contributed by atoms with E-state index in [-0.39, 0.29) is 5.75 Å². The molecule has 4 nitrogen and oxygen atoms in total. The Labute approximate surface area is 81.9 Å². The Morgan fingerprint density at radius 1 is 1.62 bits per heavy atom. The first-order valence-electron chi connectivity index (χ1n) is 3.86.